The number of benzene rings is 1. The lowest BCUT2D eigenvalue weighted by atomic mass is 10.1. The molecule has 1 aliphatic heterocycles. The Morgan fingerprint density at radius 1 is 1.23 bits per heavy atom. The van der Waals surface area contributed by atoms with E-state index in [2.05, 4.69) is 42.2 Å². The number of aryl methyl sites for hydroxylation is 2. The lowest BCUT2D eigenvalue weighted by molar-refractivity contribution is -0.129. The van der Waals surface area contributed by atoms with Crippen LogP contribution in [-0.2, 0) is 10.5 Å². The molecule has 1 amide bonds. The van der Waals surface area contributed by atoms with Crippen LogP contribution in [0, 0.1) is 13.8 Å². The second kappa shape index (κ2) is 7.43. The van der Waals surface area contributed by atoms with Gasteiger partial charge in [0, 0.05) is 18.2 Å². The van der Waals surface area contributed by atoms with Gasteiger partial charge in [-0.1, -0.05) is 34.5 Å². The quantitative estimate of drug-likeness (QED) is 0.763. The van der Waals surface area contributed by atoms with E-state index in [0.717, 1.165) is 43.8 Å². The van der Waals surface area contributed by atoms with Crippen molar-refractivity contribution in [2.45, 2.75) is 57.2 Å². The van der Waals surface area contributed by atoms with Crippen molar-refractivity contribution in [1.29, 1.82) is 0 Å². The number of aromatic nitrogens is 2. The number of carbonyl (C=O) groups is 1. The van der Waals surface area contributed by atoms with Gasteiger partial charge in [0.15, 0.2) is 5.82 Å². The number of nitrogens with zero attached hydrogens (tertiary/aromatic N) is 3. The average Bonchev–Trinajstić information content (AvgIpc) is 3.13. The second-order valence-electron chi connectivity index (χ2n) is 7.50. The van der Waals surface area contributed by atoms with E-state index in [1.54, 1.807) is 11.8 Å². The molecule has 2 aliphatic rings. The molecule has 5 nitrogen and oxygen atoms in total. The van der Waals surface area contributed by atoms with Crippen molar-refractivity contribution >= 4 is 17.7 Å². The Balaban J connectivity index is 1.34. The second-order valence-corrected chi connectivity index (χ2v) is 8.48. The summed E-state index contributed by atoms with van der Waals surface area (Å²) in [6.07, 6.45) is 4.22. The summed E-state index contributed by atoms with van der Waals surface area (Å²) in [5, 5.41) is 4.11. The van der Waals surface area contributed by atoms with Crippen LogP contribution in [-0.4, -0.2) is 33.2 Å². The van der Waals surface area contributed by atoms with Crippen molar-refractivity contribution in [2.24, 2.45) is 0 Å². The highest BCUT2D eigenvalue weighted by atomic mass is 32.2. The molecule has 1 aromatic carbocycles. The highest BCUT2D eigenvalue weighted by Gasteiger charge is 2.36. The minimum Gasteiger partial charge on any atom is -0.337 e. The summed E-state index contributed by atoms with van der Waals surface area (Å²) in [5.41, 5.74) is 3.83. The molecule has 2 aromatic rings. The van der Waals surface area contributed by atoms with Crippen LogP contribution in [0.15, 0.2) is 22.7 Å². The zero-order valence-electron chi connectivity index (χ0n) is 15.4. The summed E-state index contributed by atoms with van der Waals surface area (Å²) in [4.78, 5) is 19.2. The first-order chi connectivity index (χ1) is 12.6. The number of amides is 1. The number of thioether (sulfide) groups is 1. The van der Waals surface area contributed by atoms with Crippen molar-refractivity contribution in [3.63, 3.8) is 0 Å². The van der Waals surface area contributed by atoms with Gasteiger partial charge in [0.25, 0.3) is 0 Å². The molecule has 6 heteroatoms. The van der Waals surface area contributed by atoms with Crippen LogP contribution in [0.3, 0.4) is 0 Å². The molecule has 4 rings (SSSR count). The first kappa shape index (κ1) is 17.6. The Labute approximate surface area is 158 Å². The molecule has 2 fully saturated rings. The van der Waals surface area contributed by atoms with Crippen LogP contribution in [0.25, 0.3) is 0 Å². The monoisotopic (exact) mass is 371 g/mol. The van der Waals surface area contributed by atoms with Crippen molar-refractivity contribution in [3.8, 4) is 0 Å². The summed E-state index contributed by atoms with van der Waals surface area (Å²) in [6.45, 7) is 5.01. The minimum atomic E-state index is -0.0377. The van der Waals surface area contributed by atoms with Gasteiger partial charge in [-0.25, -0.2) is 0 Å². The van der Waals surface area contributed by atoms with Crippen LogP contribution in [0.5, 0.6) is 0 Å². The molecule has 2 heterocycles. The molecule has 1 aromatic heterocycles. The maximum atomic E-state index is 12.7. The molecule has 1 saturated heterocycles. The van der Waals surface area contributed by atoms with Gasteiger partial charge in [-0.05, 0) is 45.1 Å². The van der Waals surface area contributed by atoms with E-state index < -0.39 is 0 Å². The molecule has 138 valence electrons. The van der Waals surface area contributed by atoms with Crippen molar-refractivity contribution in [1.82, 2.24) is 15.0 Å². The Bertz CT molecular complexity index is 780. The summed E-state index contributed by atoms with van der Waals surface area (Å²) in [7, 11) is 0. The van der Waals surface area contributed by atoms with Crippen molar-refractivity contribution in [2.75, 3.05) is 12.3 Å². The molecule has 0 N–H and O–H groups in total. The number of hydrogen-bond acceptors (Lipinski definition) is 5. The number of rotatable bonds is 6. The smallest absolute Gasteiger partial charge is 0.249 e. The van der Waals surface area contributed by atoms with Crippen LogP contribution in [0.4, 0.5) is 0 Å². The summed E-state index contributed by atoms with van der Waals surface area (Å²) >= 11 is 1.68. The Hall–Kier alpha value is -1.82. The molecular weight excluding hydrogens is 346 g/mol. The molecule has 0 unspecified atom stereocenters. The summed E-state index contributed by atoms with van der Waals surface area (Å²) in [5.74, 6) is 3.45. The Morgan fingerprint density at radius 3 is 2.73 bits per heavy atom. The van der Waals surface area contributed by atoms with Gasteiger partial charge in [0.05, 0.1) is 5.75 Å². The van der Waals surface area contributed by atoms with E-state index in [9.17, 15) is 4.79 Å². The molecule has 0 spiro atoms. The van der Waals surface area contributed by atoms with Gasteiger partial charge in [0.1, 0.15) is 6.04 Å². The van der Waals surface area contributed by atoms with Crippen molar-refractivity contribution < 1.29 is 9.32 Å². The van der Waals surface area contributed by atoms with E-state index in [1.807, 2.05) is 4.90 Å². The third-order valence-electron chi connectivity index (χ3n) is 5.03. The van der Waals surface area contributed by atoms with Gasteiger partial charge in [-0.2, -0.15) is 4.98 Å². The number of hydrogen-bond donors (Lipinski definition) is 0. The Kier molecular flexibility index (Phi) is 5.02. The van der Waals surface area contributed by atoms with Crippen molar-refractivity contribution in [3.05, 3.63) is 46.6 Å². The normalized spacial score (nSPS) is 19.9. The van der Waals surface area contributed by atoms with E-state index in [4.69, 9.17) is 4.52 Å². The van der Waals surface area contributed by atoms with Gasteiger partial charge < -0.3 is 9.42 Å². The maximum absolute atomic E-state index is 12.7. The predicted molar refractivity (Wildman–Crippen MR) is 102 cm³/mol. The molecule has 1 atom stereocenters. The van der Waals surface area contributed by atoms with Crippen LogP contribution in [0.2, 0.25) is 0 Å². The lowest BCUT2D eigenvalue weighted by Gasteiger charge is -2.21. The van der Waals surface area contributed by atoms with Gasteiger partial charge in [-0.15, -0.1) is 11.8 Å². The third kappa shape index (κ3) is 3.95. The standard InChI is InChI=1S/C20H25N3O2S/c1-13-8-14(2)10-15(9-13)11-26-12-18(24)23-7-3-4-17(23)20-21-19(22-25-20)16-5-6-16/h8-10,16-17H,3-7,11-12H2,1-2H3/t17-/m0/s1. The van der Waals surface area contributed by atoms with Crippen LogP contribution < -0.4 is 0 Å². The van der Waals surface area contributed by atoms with E-state index >= 15 is 0 Å². The fourth-order valence-electron chi connectivity index (χ4n) is 3.70. The third-order valence-corrected chi connectivity index (χ3v) is 6.02. The highest BCUT2D eigenvalue weighted by molar-refractivity contribution is 7.99. The Morgan fingerprint density at radius 2 is 2.00 bits per heavy atom. The highest BCUT2D eigenvalue weighted by Crippen LogP contribution is 2.39. The van der Waals surface area contributed by atoms with E-state index in [-0.39, 0.29) is 11.9 Å². The molecule has 1 aliphatic carbocycles. The zero-order chi connectivity index (χ0) is 18.1. The zero-order valence-corrected chi connectivity index (χ0v) is 16.2. The van der Waals surface area contributed by atoms with Crippen LogP contribution >= 0.6 is 11.8 Å². The maximum Gasteiger partial charge on any atom is 0.249 e. The molecular formula is C20H25N3O2S. The van der Waals surface area contributed by atoms with E-state index in [1.165, 1.54) is 16.7 Å². The fourth-order valence-corrected chi connectivity index (χ4v) is 4.55. The van der Waals surface area contributed by atoms with Gasteiger partial charge >= 0.3 is 0 Å². The van der Waals surface area contributed by atoms with Crippen LogP contribution in [0.1, 0.15) is 66.0 Å². The number of carbonyl (C=O) groups excluding carboxylic acids is 1. The predicted octanol–water partition coefficient (Wildman–Crippen LogP) is 4.16. The first-order valence-electron chi connectivity index (χ1n) is 9.38. The van der Waals surface area contributed by atoms with Gasteiger partial charge in [0.2, 0.25) is 11.8 Å². The summed E-state index contributed by atoms with van der Waals surface area (Å²) in [6, 6.07) is 6.53. The fraction of sp³-hybridized carbons (Fsp3) is 0.550. The first-order valence-corrected chi connectivity index (χ1v) is 10.5. The van der Waals surface area contributed by atoms with Gasteiger partial charge in [-0.3, -0.25) is 4.79 Å². The molecule has 0 radical (unpaired) electrons. The summed E-state index contributed by atoms with van der Waals surface area (Å²) < 4.78 is 5.47. The average molecular weight is 372 g/mol. The molecule has 1 saturated carbocycles. The molecule has 0 bridgehead atoms. The number of likely N-dealkylation sites (tertiary alicyclic amines) is 1. The molecule has 26 heavy (non-hydrogen) atoms. The topological polar surface area (TPSA) is 59.2 Å². The largest absolute Gasteiger partial charge is 0.337 e. The SMILES string of the molecule is Cc1cc(C)cc(CSCC(=O)N2CCC[C@H]2c2nc(C3CC3)no2)c1. The lowest BCUT2D eigenvalue weighted by Crippen LogP contribution is -2.32. The minimum absolute atomic E-state index is 0.0377. The van der Waals surface area contributed by atoms with E-state index in [0.29, 0.717) is 17.6 Å².